The fourth-order valence-corrected chi connectivity index (χ4v) is 2.00. The van der Waals surface area contributed by atoms with Crippen LogP contribution in [0.3, 0.4) is 0 Å². The van der Waals surface area contributed by atoms with Crippen LogP contribution < -0.4 is 0 Å². The summed E-state index contributed by atoms with van der Waals surface area (Å²) < 4.78 is 1.66. The van der Waals surface area contributed by atoms with Crippen molar-refractivity contribution in [2.45, 2.75) is 13.5 Å². The molecule has 0 fully saturated rings. The molecule has 21 heavy (non-hydrogen) atoms. The number of carboxylic acids is 1. The number of hydrogen-bond acceptors (Lipinski definition) is 3. The summed E-state index contributed by atoms with van der Waals surface area (Å²) >= 11 is 0. The highest BCUT2D eigenvalue weighted by Gasteiger charge is 2.18. The Hall–Kier alpha value is -2.63. The molecule has 110 valence electrons. The van der Waals surface area contributed by atoms with E-state index in [9.17, 15) is 9.59 Å². The Labute approximate surface area is 122 Å². The molecular weight excluding hydrogens is 270 g/mol. The van der Waals surface area contributed by atoms with Gasteiger partial charge in [-0.05, 0) is 12.5 Å². The first-order valence-corrected chi connectivity index (χ1v) is 6.67. The van der Waals surface area contributed by atoms with Crippen LogP contribution in [0.15, 0.2) is 42.7 Å². The minimum absolute atomic E-state index is 0.306. The first kappa shape index (κ1) is 14.8. The maximum absolute atomic E-state index is 12.2. The summed E-state index contributed by atoms with van der Waals surface area (Å²) in [5, 5.41) is 12.9. The third-order valence-corrected chi connectivity index (χ3v) is 3.06. The molecule has 1 amide bonds. The lowest BCUT2D eigenvalue weighted by Crippen LogP contribution is -2.35. The van der Waals surface area contributed by atoms with Gasteiger partial charge in [0.1, 0.15) is 6.54 Å². The predicted octanol–water partition coefficient (Wildman–Crippen LogP) is 1.48. The van der Waals surface area contributed by atoms with Crippen LogP contribution in [0.1, 0.15) is 22.8 Å². The van der Waals surface area contributed by atoms with Crippen LogP contribution in [0.5, 0.6) is 0 Å². The lowest BCUT2D eigenvalue weighted by molar-refractivity contribution is -0.137. The molecule has 0 aliphatic heterocycles. The van der Waals surface area contributed by atoms with E-state index in [-0.39, 0.29) is 12.5 Å². The molecule has 0 aliphatic rings. The molecule has 0 radical (unpaired) electrons. The van der Waals surface area contributed by atoms with E-state index in [1.54, 1.807) is 17.8 Å². The maximum Gasteiger partial charge on any atom is 0.323 e. The van der Waals surface area contributed by atoms with Gasteiger partial charge in [-0.2, -0.15) is 5.10 Å². The lowest BCUT2D eigenvalue weighted by atomic mass is 10.2. The van der Waals surface area contributed by atoms with E-state index in [4.69, 9.17) is 5.11 Å². The second kappa shape index (κ2) is 6.69. The van der Waals surface area contributed by atoms with Crippen molar-refractivity contribution in [1.82, 2.24) is 14.7 Å². The normalized spacial score (nSPS) is 10.3. The number of hydrogen-bond donors (Lipinski definition) is 1. The zero-order valence-corrected chi connectivity index (χ0v) is 11.8. The number of rotatable bonds is 6. The average molecular weight is 287 g/mol. The summed E-state index contributed by atoms with van der Waals surface area (Å²) in [6, 6.07) is 9.78. The molecule has 0 unspecified atom stereocenters. The van der Waals surface area contributed by atoms with Crippen LogP contribution in [0.25, 0.3) is 0 Å². The van der Waals surface area contributed by atoms with Crippen LogP contribution in [0, 0.1) is 0 Å². The van der Waals surface area contributed by atoms with Gasteiger partial charge in [-0.25, -0.2) is 0 Å². The molecule has 1 heterocycles. The van der Waals surface area contributed by atoms with Crippen molar-refractivity contribution in [2.24, 2.45) is 0 Å². The van der Waals surface area contributed by atoms with Gasteiger partial charge in [0.15, 0.2) is 0 Å². The van der Waals surface area contributed by atoms with Gasteiger partial charge in [-0.1, -0.05) is 30.3 Å². The second-order valence-corrected chi connectivity index (χ2v) is 4.63. The molecule has 1 N–H and O–H groups in total. The molecule has 0 bridgehead atoms. The lowest BCUT2D eigenvalue weighted by Gasteiger charge is -2.17. The maximum atomic E-state index is 12.2. The van der Waals surface area contributed by atoms with E-state index in [0.29, 0.717) is 18.7 Å². The quantitative estimate of drug-likeness (QED) is 0.873. The average Bonchev–Trinajstić information content (AvgIpc) is 2.93. The topological polar surface area (TPSA) is 75.4 Å². The van der Waals surface area contributed by atoms with Crippen LogP contribution in [-0.2, 0) is 11.3 Å². The van der Waals surface area contributed by atoms with Gasteiger partial charge >= 0.3 is 5.97 Å². The Bertz CT molecular complexity index is 622. The SMILES string of the molecule is CCN(CC(=O)O)C(=O)c1cnn(Cc2ccccc2)c1. The Kier molecular flexibility index (Phi) is 4.71. The molecule has 6 heteroatoms. The third kappa shape index (κ3) is 3.92. The van der Waals surface area contributed by atoms with Gasteiger partial charge in [0.25, 0.3) is 5.91 Å². The van der Waals surface area contributed by atoms with Crippen molar-refractivity contribution in [1.29, 1.82) is 0 Å². The van der Waals surface area contributed by atoms with Crippen LogP contribution >= 0.6 is 0 Å². The molecule has 0 saturated carbocycles. The van der Waals surface area contributed by atoms with Crippen molar-refractivity contribution in [2.75, 3.05) is 13.1 Å². The third-order valence-electron chi connectivity index (χ3n) is 3.06. The van der Waals surface area contributed by atoms with E-state index < -0.39 is 5.97 Å². The number of benzene rings is 1. The molecule has 0 atom stereocenters. The number of likely N-dealkylation sites (N-methyl/N-ethyl adjacent to an activating group) is 1. The first-order chi connectivity index (χ1) is 10.1. The van der Waals surface area contributed by atoms with E-state index in [0.717, 1.165) is 5.56 Å². The minimum Gasteiger partial charge on any atom is -0.480 e. The molecule has 2 aromatic rings. The molecule has 0 aliphatic carbocycles. The van der Waals surface area contributed by atoms with E-state index >= 15 is 0 Å². The molecule has 0 saturated heterocycles. The number of carbonyl (C=O) groups is 2. The van der Waals surface area contributed by atoms with Gasteiger partial charge in [0.05, 0.1) is 18.3 Å². The number of aromatic nitrogens is 2. The predicted molar refractivity (Wildman–Crippen MR) is 77.0 cm³/mol. The first-order valence-electron chi connectivity index (χ1n) is 6.67. The summed E-state index contributed by atoms with van der Waals surface area (Å²) in [6.07, 6.45) is 3.11. The zero-order valence-electron chi connectivity index (χ0n) is 11.8. The number of nitrogens with zero attached hydrogens (tertiary/aromatic N) is 3. The number of carbonyl (C=O) groups excluding carboxylic acids is 1. The fraction of sp³-hybridized carbons (Fsp3) is 0.267. The molecule has 2 rings (SSSR count). The highest BCUT2D eigenvalue weighted by molar-refractivity contribution is 5.95. The van der Waals surface area contributed by atoms with Gasteiger partial charge in [-0.15, -0.1) is 0 Å². The van der Waals surface area contributed by atoms with E-state index in [1.807, 2.05) is 30.3 Å². The summed E-state index contributed by atoms with van der Waals surface area (Å²) in [5.74, 6) is -1.35. The van der Waals surface area contributed by atoms with Crippen molar-refractivity contribution in [3.05, 3.63) is 53.9 Å². The van der Waals surface area contributed by atoms with Crippen molar-refractivity contribution < 1.29 is 14.7 Å². The smallest absolute Gasteiger partial charge is 0.323 e. The van der Waals surface area contributed by atoms with Gasteiger partial charge in [0.2, 0.25) is 0 Å². The summed E-state index contributed by atoms with van der Waals surface area (Å²) in [4.78, 5) is 24.2. The van der Waals surface area contributed by atoms with Gasteiger partial charge in [-0.3, -0.25) is 14.3 Å². The largest absolute Gasteiger partial charge is 0.480 e. The van der Waals surface area contributed by atoms with Crippen LogP contribution in [-0.4, -0.2) is 44.8 Å². The van der Waals surface area contributed by atoms with E-state index in [1.165, 1.54) is 11.1 Å². The number of amides is 1. The summed E-state index contributed by atoms with van der Waals surface area (Å²) in [5.41, 5.74) is 1.48. The van der Waals surface area contributed by atoms with Crippen molar-refractivity contribution in [3.8, 4) is 0 Å². The van der Waals surface area contributed by atoms with Crippen LogP contribution in [0.2, 0.25) is 0 Å². The van der Waals surface area contributed by atoms with Crippen molar-refractivity contribution >= 4 is 11.9 Å². The Morgan fingerprint density at radius 2 is 2.00 bits per heavy atom. The molecule has 1 aromatic carbocycles. The van der Waals surface area contributed by atoms with Gasteiger partial charge in [0, 0.05) is 12.7 Å². The highest BCUT2D eigenvalue weighted by Crippen LogP contribution is 2.07. The van der Waals surface area contributed by atoms with Gasteiger partial charge < -0.3 is 10.0 Å². The Morgan fingerprint density at radius 1 is 1.29 bits per heavy atom. The standard InChI is InChI=1S/C15H17N3O3/c1-2-17(11-14(19)20)15(21)13-8-16-18(10-13)9-12-6-4-3-5-7-12/h3-8,10H,2,9,11H2,1H3,(H,19,20). The number of carboxylic acid groups (broad SMARTS) is 1. The Balaban J connectivity index is 2.08. The summed E-state index contributed by atoms with van der Waals surface area (Å²) in [6.45, 7) is 2.35. The molecule has 6 nitrogen and oxygen atoms in total. The zero-order chi connectivity index (χ0) is 15.2. The monoisotopic (exact) mass is 287 g/mol. The fourth-order valence-electron chi connectivity index (χ4n) is 2.00. The molecular formula is C15H17N3O3. The minimum atomic E-state index is -1.03. The molecule has 1 aromatic heterocycles. The molecule has 0 spiro atoms. The van der Waals surface area contributed by atoms with Crippen LogP contribution in [0.4, 0.5) is 0 Å². The van der Waals surface area contributed by atoms with E-state index in [2.05, 4.69) is 5.10 Å². The number of aliphatic carboxylic acids is 1. The van der Waals surface area contributed by atoms with Crippen molar-refractivity contribution in [3.63, 3.8) is 0 Å². The summed E-state index contributed by atoms with van der Waals surface area (Å²) in [7, 11) is 0. The highest BCUT2D eigenvalue weighted by atomic mass is 16.4. The Morgan fingerprint density at radius 3 is 2.62 bits per heavy atom. The second-order valence-electron chi connectivity index (χ2n) is 4.63.